The second kappa shape index (κ2) is 8.30. The van der Waals surface area contributed by atoms with Gasteiger partial charge in [-0.3, -0.25) is 4.79 Å². The van der Waals surface area contributed by atoms with Crippen LogP contribution in [0.4, 0.5) is 11.5 Å². The summed E-state index contributed by atoms with van der Waals surface area (Å²) >= 11 is 0. The van der Waals surface area contributed by atoms with Gasteiger partial charge in [-0.1, -0.05) is 12.1 Å². The van der Waals surface area contributed by atoms with Crippen molar-refractivity contribution in [2.75, 3.05) is 24.4 Å². The van der Waals surface area contributed by atoms with Gasteiger partial charge < -0.3 is 20.5 Å². The molecule has 6 heteroatoms. The highest BCUT2D eigenvalue weighted by Gasteiger charge is 2.15. The Balaban J connectivity index is 1.95. The Morgan fingerprint density at radius 1 is 1.32 bits per heavy atom. The van der Waals surface area contributed by atoms with E-state index in [1.807, 2.05) is 38.1 Å². The van der Waals surface area contributed by atoms with E-state index in [-0.39, 0.29) is 12.5 Å². The molecule has 2 rings (SSSR count). The van der Waals surface area contributed by atoms with Crippen LogP contribution in [0.2, 0.25) is 0 Å². The number of aromatic nitrogens is 1. The van der Waals surface area contributed by atoms with E-state index >= 15 is 0 Å². The summed E-state index contributed by atoms with van der Waals surface area (Å²) < 4.78 is 5.15. The predicted molar refractivity (Wildman–Crippen MR) is 99.7 cm³/mol. The molecule has 1 heterocycles. The smallest absolute Gasteiger partial charge is 0.248 e. The maximum absolute atomic E-state index is 12.0. The summed E-state index contributed by atoms with van der Waals surface area (Å²) in [6.45, 7) is 3.73. The van der Waals surface area contributed by atoms with Crippen LogP contribution in [0.1, 0.15) is 19.4 Å². The molecule has 0 unspecified atom stereocenters. The number of carbonyl (C=O) groups excluding carboxylic acids is 1. The van der Waals surface area contributed by atoms with E-state index in [2.05, 4.69) is 15.6 Å². The van der Waals surface area contributed by atoms with E-state index in [9.17, 15) is 9.90 Å². The van der Waals surface area contributed by atoms with Crippen LogP contribution in [-0.2, 0) is 4.79 Å². The average molecular weight is 341 g/mol. The lowest BCUT2D eigenvalue weighted by atomic mass is 10.1. The third-order valence-electron chi connectivity index (χ3n) is 3.41. The van der Waals surface area contributed by atoms with Crippen molar-refractivity contribution in [3.8, 4) is 5.75 Å². The fraction of sp³-hybridized carbons (Fsp3) is 0.263. The number of aliphatic hydroxyl groups is 1. The number of ether oxygens (including phenoxy) is 1. The zero-order valence-corrected chi connectivity index (χ0v) is 14.6. The number of carbonyl (C=O) groups is 1. The summed E-state index contributed by atoms with van der Waals surface area (Å²) in [6.07, 6.45) is 4.73. The molecule has 1 aromatic heterocycles. The molecule has 0 spiro atoms. The number of hydrogen-bond acceptors (Lipinski definition) is 5. The van der Waals surface area contributed by atoms with Gasteiger partial charge in [0.1, 0.15) is 11.6 Å². The van der Waals surface area contributed by atoms with Crippen LogP contribution in [0.5, 0.6) is 5.75 Å². The predicted octanol–water partition coefficient (Wildman–Crippen LogP) is 2.92. The highest BCUT2D eigenvalue weighted by molar-refractivity contribution is 6.01. The molecule has 3 N–H and O–H groups in total. The molecule has 6 nitrogen and oxygen atoms in total. The number of nitrogens with one attached hydrogen (secondary N) is 2. The van der Waals surface area contributed by atoms with Crippen LogP contribution in [0.3, 0.4) is 0 Å². The largest absolute Gasteiger partial charge is 0.497 e. The van der Waals surface area contributed by atoms with Crippen LogP contribution in [-0.4, -0.2) is 35.3 Å². The third kappa shape index (κ3) is 5.93. The molecule has 132 valence electrons. The standard InChI is InChI=1S/C19H23N3O3/c1-19(2,13-23)22-17-9-8-15(12-20-17)21-18(24)10-7-14-5-4-6-16(11-14)25-3/h4-12,23H,13H2,1-3H3,(H,20,22)(H,21,24)/b10-7+. The normalized spacial score (nSPS) is 11.4. The molecule has 0 saturated heterocycles. The third-order valence-corrected chi connectivity index (χ3v) is 3.41. The number of nitrogens with zero attached hydrogens (tertiary/aromatic N) is 1. The van der Waals surface area contributed by atoms with Crippen molar-refractivity contribution in [1.82, 2.24) is 4.98 Å². The van der Waals surface area contributed by atoms with E-state index in [1.54, 1.807) is 31.5 Å². The van der Waals surface area contributed by atoms with Gasteiger partial charge in [-0.2, -0.15) is 0 Å². The Morgan fingerprint density at radius 3 is 2.76 bits per heavy atom. The lowest BCUT2D eigenvalue weighted by molar-refractivity contribution is -0.111. The molecule has 1 aromatic carbocycles. The van der Waals surface area contributed by atoms with Gasteiger partial charge >= 0.3 is 0 Å². The molecular formula is C19H23N3O3. The molecule has 2 aromatic rings. The molecule has 0 saturated carbocycles. The van der Waals surface area contributed by atoms with Crippen LogP contribution >= 0.6 is 0 Å². The van der Waals surface area contributed by atoms with Gasteiger partial charge in [0, 0.05) is 6.08 Å². The zero-order valence-electron chi connectivity index (χ0n) is 14.6. The zero-order chi connectivity index (χ0) is 18.3. The minimum absolute atomic E-state index is 0.0117. The topological polar surface area (TPSA) is 83.5 Å². The number of pyridine rings is 1. The van der Waals surface area contributed by atoms with Crippen molar-refractivity contribution in [3.05, 3.63) is 54.2 Å². The van der Waals surface area contributed by atoms with E-state index in [1.165, 1.54) is 6.08 Å². The van der Waals surface area contributed by atoms with Gasteiger partial charge in [0.15, 0.2) is 0 Å². The van der Waals surface area contributed by atoms with Gasteiger partial charge in [0.2, 0.25) is 5.91 Å². The number of anilines is 2. The molecule has 0 radical (unpaired) electrons. The first kappa shape index (κ1) is 18.5. The molecular weight excluding hydrogens is 318 g/mol. The minimum Gasteiger partial charge on any atom is -0.497 e. The SMILES string of the molecule is COc1cccc(/C=C/C(=O)Nc2ccc(NC(C)(C)CO)nc2)c1. The first-order valence-electron chi connectivity index (χ1n) is 7.90. The monoisotopic (exact) mass is 341 g/mol. The summed E-state index contributed by atoms with van der Waals surface area (Å²) in [5.41, 5.74) is 1.00. The Morgan fingerprint density at radius 2 is 2.12 bits per heavy atom. The quantitative estimate of drug-likeness (QED) is 0.675. The van der Waals surface area contributed by atoms with Crippen molar-refractivity contribution in [1.29, 1.82) is 0 Å². The Kier molecular flexibility index (Phi) is 6.14. The van der Waals surface area contributed by atoms with E-state index in [0.717, 1.165) is 11.3 Å². The molecule has 0 bridgehead atoms. The van der Waals surface area contributed by atoms with E-state index < -0.39 is 5.54 Å². The highest BCUT2D eigenvalue weighted by Crippen LogP contribution is 2.16. The van der Waals surface area contributed by atoms with Gasteiger partial charge in [0.05, 0.1) is 31.1 Å². The second-order valence-corrected chi connectivity index (χ2v) is 6.20. The van der Waals surface area contributed by atoms with Gasteiger partial charge in [-0.05, 0) is 49.8 Å². The lowest BCUT2D eigenvalue weighted by Crippen LogP contribution is -2.35. The Hall–Kier alpha value is -2.86. The van der Waals surface area contributed by atoms with Crippen molar-refractivity contribution >= 4 is 23.5 Å². The molecule has 0 aliphatic heterocycles. The second-order valence-electron chi connectivity index (χ2n) is 6.20. The fourth-order valence-electron chi connectivity index (χ4n) is 2.03. The van der Waals surface area contributed by atoms with Crippen LogP contribution < -0.4 is 15.4 Å². The molecule has 25 heavy (non-hydrogen) atoms. The number of rotatable bonds is 7. The first-order valence-corrected chi connectivity index (χ1v) is 7.90. The minimum atomic E-state index is -0.461. The maximum atomic E-state index is 12.0. The number of benzene rings is 1. The van der Waals surface area contributed by atoms with Crippen molar-refractivity contribution in [3.63, 3.8) is 0 Å². The van der Waals surface area contributed by atoms with Crippen LogP contribution in [0.15, 0.2) is 48.7 Å². The number of aliphatic hydroxyl groups excluding tert-OH is 1. The summed E-state index contributed by atoms with van der Waals surface area (Å²) in [6, 6.07) is 10.9. The van der Waals surface area contributed by atoms with Crippen molar-refractivity contribution in [2.24, 2.45) is 0 Å². The summed E-state index contributed by atoms with van der Waals surface area (Å²) in [5, 5.41) is 15.1. The van der Waals surface area contributed by atoms with Crippen molar-refractivity contribution in [2.45, 2.75) is 19.4 Å². The molecule has 0 atom stereocenters. The number of hydrogen-bond donors (Lipinski definition) is 3. The molecule has 0 aliphatic carbocycles. The van der Waals surface area contributed by atoms with E-state index in [0.29, 0.717) is 11.5 Å². The van der Waals surface area contributed by atoms with E-state index in [4.69, 9.17) is 4.74 Å². The van der Waals surface area contributed by atoms with Gasteiger partial charge in [0.25, 0.3) is 0 Å². The van der Waals surface area contributed by atoms with Crippen LogP contribution in [0.25, 0.3) is 6.08 Å². The number of methoxy groups -OCH3 is 1. The number of amides is 1. The van der Waals surface area contributed by atoms with Crippen molar-refractivity contribution < 1.29 is 14.6 Å². The average Bonchev–Trinajstić information content (AvgIpc) is 2.61. The Bertz CT molecular complexity index is 740. The molecule has 0 fully saturated rings. The maximum Gasteiger partial charge on any atom is 0.248 e. The molecule has 1 amide bonds. The summed E-state index contributed by atoms with van der Waals surface area (Å²) in [7, 11) is 1.60. The Labute approximate surface area is 147 Å². The van der Waals surface area contributed by atoms with Gasteiger partial charge in [-0.25, -0.2) is 4.98 Å². The van der Waals surface area contributed by atoms with Crippen LogP contribution in [0, 0.1) is 0 Å². The van der Waals surface area contributed by atoms with Gasteiger partial charge in [-0.15, -0.1) is 0 Å². The fourth-order valence-corrected chi connectivity index (χ4v) is 2.03. The summed E-state index contributed by atoms with van der Waals surface area (Å²) in [4.78, 5) is 16.2. The summed E-state index contributed by atoms with van der Waals surface area (Å²) in [5.74, 6) is 1.12. The molecule has 0 aliphatic rings. The first-order chi connectivity index (χ1) is 11.9. The highest BCUT2D eigenvalue weighted by atomic mass is 16.5. The lowest BCUT2D eigenvalue weighted by Gasteiger charge is -2.24.